The van der Waals surface area contributed by atoms with Crippen molar-refractivity contribution in [2.75, 3.05) is 6.61 Å². The molecule has 0 atom stereocenters. The maximum atomic E-state index is 12.5. The Balaban J connectivity index is 0.00000484. The average Bonchev–Trinajstić information content (AvgIpc) is 2.48. The van der Waals surface area contributed by atoms with Gasteiger partial charge in [-0.3, -0.25) is 4.18 Å². The average molecular weight is 351 g/mol. The summed E-state index contributed by atoms with van der Waals surface area (Å²) in [7, 11) is -3.65. The summed E-state index contributed by atoms with van der Waals surface area (Å²) in [6, 6.07) is 3.73. The molecule has 1 aromatic carbocycles. The molecule has 23 heavy (non-hydrogen) atoms. The Morgan fingerprint density at radius 2 is 1.39 bits per heavy atom. The molecule has 0 saturated heterocycles. The van der Waals surface area contributed by atoms with E-state index in [0.29, 0.717) is 11.3 Å². The molecule has 0 aliphatic rings. The van der Waals surface area contributed by atoms with Crippen LogP contribution >= 0.6 is 0 Å². The molecule has 0 unspecified atom stereocenters. The Labute approximate surface area is 164 Å². The second-order valence-corrected chi connectivity index (χ2v) is 7.29. The van der Waals surface area contributed by atoms with E-state index in [9.17, 15) is 8.42 Å². The number of hydrogen-bond donors (Lipinski definition) is 0. The van der Waals surface area contributed by atoms with Gasteiger partial charge in [0.05, 0.1) is 11.5 Å². The normalized spacial score (nSPS) is 11.3. The van der Waals surface area contributed by atoms with Crippen LogP contribution in [0.25, 0.3) is 0 Å². The molecule has 128 valence electrons. The molecule has 0 aliphatic carbocycles. The fraction of sp³-hybridized carbons (Fsp3) is 0.667. The van der Waals surface area contributed by atoms with Gasteiger partial charge in [0.15, 0.2) is 0 Å². The summed E-state index contributed by atoms with van der Waals surface area (Å²) in [6.07, 6.45) is 6.44. The molecule has 0 heterocycles. The Bertz CT molecular complexity index is 568. The maximum absolute atomic E-state index is 12.5. The van der Waals surface area contributed by atoms with E-state index < -0.39 is 10.1 Å². The molecule has 0 aliphatic heterocycles. The first kappa shape index (κ1) is 23.1. The molecule has 0 amide bonds. The Morgan fingerprint density at radius 3 is 1.91 bits per heavy atom. The molecule has 0 fully saturated rings. The zero-order valence-electron chi connectivity index (χ0n) is 14.4. The Morgan fingerprint density at radius 1 is 0.826 bits per heavy atom. The molecule has 1 rings (SSSR count). The van der Waals surface area contributed by atoms with Crippen LogP contribution in [0, 0.1) is 0 Å². The first-order chi connectivity index (χ1) is 10.5. The predicted octanol–water partition coefficient (Wildman–Crippen LogP) is 4.01. The fourth-order valence-corrected chi connectivity index (χ4v) is 4.07. The van der Waals surface area contributed by atoms with E-state index in [1.165, 1.54) is 11.1 Å². The van der Waals surface area contributed by atoms with Crippen molar-refractivity contribution in [1.29, 1.82) is 0 Å². The Kier molecular flexibility index (Phi) is 11.7. The van der Waals surface area contributed by atoms with Crippen LogP contribution in [0.4, 0.5) is 0 Å². The van der Waals surface area contributed by atoms with Gasteiger partial charge in [-0.15, -0.1) is 0 Å². The third kappa shape index (κ3) is 6.50. The molecule has 0 radical (unpaired) electrons. The monoisotopic (exact) mass is 350 g/mol. The van der Waals surface area contributed by atoms with E-state index >= 15 is 0 Å². The van der Waals surface area contributed by atoms with Gasteiger partial charge < -0.3 is 0 Å². The van der Waals surface area contributed by atoms with Crippen LogP contribution < -0.4 is 0 Å². The van der Waals surface area contributed by atoms with E-state index in [0.717, 1.165) is 44.1 Å². The van der Waals surface area contributed by atoms with Crippen molar-refractivity contribution in [2.45, 2.75) is 77.5 Å². The molecule has 0 saturated carbocycles. The van der Waals surface area contributed by atoms with Gasteiger partial charge in [0, 0.05) is 0 Å². The summed E-state index contributed by atoms with van der Waals surface area (Å²) in [4.78, 5) is 0.381. The molecular weight excluding hydrogens is 319 g/mol. The van der Waals surface area contributed by atoms with Crippen molar-refractivity contribution in [2.24, 2.45) is 0 Å². The number of hydrogen-bond acceptors (Lipinski definition) is 3. The van der Waals surface area contributed by atoms with E-state index in [1.54, 1.807) is 6.07 Å². The van der Waals surface area contributed by atoms with Crippen LogP contribution in [0.2, 0.25) is 0 Å². The van der Waals surface area contributed by atoms with Gasteiger partial charge in [0.25, 0.3) is 10.1 Å². The van der Waals surface area contributed by atoms with E-state index in [1.807, 2.05) is 13.0 Å². The van der Waals surface area contributed by atoms with Gasteiger partial charge in [-0.1, -0.05) is 53.0 Å². The summed E-state index contributed by atoms with van der Waals surface area (Å²) in [5.41, 5.74) is 3.50. The fourth-order valence-electron chi connectivity index (χ4n) is 2.80. The van der Waals surface area contributed by atoms with Gasteiger partial charge in [0.1, 0.15) is 0 Å². The summed E-state index contributed by atoms with van der Waals surface area (Å²) in [5, 5.41) is 0. The summed E-state index contributed by atoms with van der Waals surface area (Å²) in [5.74, 6) is 0. The number of benzene rings is 1. The second-order valence-electron chi connectivity index (χ2n) is 5.71. The third-order valence-corrected chi connectivity index (χ3v) is 5.11. The van der Waals surface area contributed by atoms with E-state index in [2.05, 4.69) is 20.8 Å². The summed E-state index contributed by atoms with van der Waals surface area (Å²) >= 11 is 0. The molecule has 0 N–H and O–H groups in total. The number of aryl methyl sites for hydroxylation is 1. The first-order valence-electron chi connectivity index (χ1n) is 8.54. The van der Waals surface area contributed by atoms with E-state index in [4.69, 9.17) is 4.18 Å². The van der Waals surface area contributed by atoms with Gasteiger partial charge in [0.2, 0.25) is 0 Å². The molecule has 0 aromatic heterocycles. The topological polar surface area (TPSA) is 43.4 Å². The Hall–Kier alpha value is 0.130. The summed E-state index contributed by atoms with van der Waals surface area (Å²) in [6.45, 7) is 8.54. The van der Waals surface area contributed by atoms with Gasteiger partial charge in [-0.2, -0.15) is 8.42 Å². The van der Waals surface area contributed by atoms with Crippen molar-refractivity contribution in [1.82, 2.24) is 0 Å². The van der Waals surface area contributed by atoms with Crippen LogP contribution in [0.15, 0.2) is 17.0 Å². The second kappa shape index (κ2) is 11.6. The predicted molar refractivity (Wildman–Crippen MR) is 99.0 cm³/mol. The number of rotatable bonds is 10. The van der Waals surface area contributed by atoms with Crippen molar-refractivity contribution in [3.05, 3.63) is 28.8 Å². The minimum absolute atomic E-state index is 0. The zero-order chi connectivity index (χ0) is 16.6. The van der Waals surface area contributed by atoms with Crippen molar-refractivity contribution < 1.29 is 12.6 Å². The van der Waals surface area contributed by atoms with Crippen molar-refractivity contribution >= 4 is 39.7 Å². The van der Waals surface area contributed by atoms with Gasteiger partial charge >= 0.3 is 29.6 Å². The molecule has 5 heteroatoms. The van der Waals surface area contributed by atoms with Crippen molar-refractivity contribution in [3.8, 4) is 0 Å². The zero-order valence-corrected chi connectivity index (χ0v) is 15.3. The van der Waals surface area contributed by atoms with Gasteiger partial charge in [-0.05, 0) is 48.4 Å². The van der Waals surface area contributed by atoms with Crippen LogP contribution in [0.5, 0.6) is 0 Å². The minimum atomic E-state index is -3.65. The van der Waals surface area contributed by atoms with E-state index in [-0.39, 0.29) is 36.2 Å². The molecular formula is C18H31NaO3S. The van der Waals surface area contributed by atoms with Crippen LogP contribution in [0.1, 0.15) is 70.1 Å². The molecule has 0 spiro atoms. The van der Waals surface area contributed by atoms with Crippen LogP contribution in [0.3, 0.4) is 0 Å². The standard InChI is InChI=1S/C18H30O3S.Na.H/c1-5-9-15-12-13-18(22(19,20)21-14-8-4)17(11-7-3)16(15)10-6-2;;/h12-13H,5-11,14H2,1-4H3;;. The van der Waals surface area contributed by atoms with Crippen LogP contribution in [-0.4, -0.2) is 44.6 Å². The third-order valence-electron chi connectivity index (χ3n) is 3.72. The first-order valence-corrected chi connectivity index (χ1v) is 9.95. The quantitative estimate of drug-likeness (QED) is 0.473. The van der Waals surface area contributed by atoms with Gasteiger partial charge in [-0.25, -0.2) is 0 Å². The summed E-state index contributed by atoms with van der Waals surface area (Å²) < 4.78 is 30.1. The molecule has 1 aromatic rings. The van der Waals surface area contributed by atoms with Crippen molar-refractivity contribution in [3.63, 3.8) is 0 Å². The molecule has 3 nitrogen and oxygen atoms in total. The van der Waals surface area contributed by atoms with Crippen LogP contribution in [-0.2, 0) is 33.6 Å². The SMILES string of the molecule is CCCOS(=O)(=O)c1ccc(CCC)c(CCC)c1CCC.[NaH]. The molecule has 0 bridgehead atoms.